The van der Waals surface area contributed by atoms with Crippen LogP contribution in [0.2, 0.25) is 10.0 Å². The zero-order chi connectivity index (χ0) is 22.4. The average Bonchev–Trinajstić information content (AvgIpc) is 3.24. The minimum Gasteiger partial charge on any atom is -0.355 e. The molecule has 0 aliphatic heterocycles. The van der Waals surface area contributed by atoms with Gasteiger partial charge in [0.05, 0.1) is 23.1 Å². The zero-order valence-electron chi connectivity index (χ0n) is 16.7. The number of rotatable bonds is 7. The molecule has 0 saturated heterocycles. The number of hydrogen-bond acceptors (Lipinski definition) is 2. The molecule has 0 spiro atoms. The van der Waals surface area contributed by atoms with E-state index in [4.69, 9.17) is 34.8 Å². The molecule has 1 heterocycles. The van der Waals surface area contributed by atoms with Gasteiger partial charge in [0.25, 0.3) is 5.91 Å². The van der Waals surface area contributed by atoms with Crippen molar-refractivity contribution in [3.63, 3.8) is 0 Å². The van der Waals surface area contributed by atoms with Gasteiger partial charge in [-0.3, -0.25) is 9.59 Å². The van der Waals surface area contributed by atoms with Crippen LogP contribution in [0.3, 0.4) is 0 Å². The van der Waals surface area contributed by atoms with Crippen LogP contribution >= 0.6 is 34.8 Å². The van der Waals surface area contributed by atoms with Crippen molar-refractivity contribution in [1.29, 1.82) is 0 Å². The summed E-state index contributed by atoms with van der Waals surface area (Å²) in [4.78, 5) is 23.8. The molecule has 0 bridgehead atoms. The Morgan fingerprint density at radius 2 is 1.81 bits per heavy atom. The van der Waals surface area contributed by atoms with E-state index in [1.807, 2.05) is 29.0 Å². The van der Waals surface area contributed by atoms with Crippen molar-refractivity contribution in [2.75, 3.05) is 7.05 Å². The molecule has 0 saturated carbocycles. The third-order valence-electron chi connectivity index (χ3n) is 4.66. The Kier molecular flexibility index (Phi) is 7.80. The predicted octanol–water partition coefficient (Wildman–Crippen LogP) is 5.21. The maximum Gasteiger partial charge on any atom is 0.251 e. The van der Waals surface area contributed by atoms with Gasteiger partial charge < -0.3 is 15.2 Å². The normalized spacial score (nSPS) is 11.0. The maximum atomic E-state index is 12.3. The third kappa shape index (κ3) is 5.50. The quantitative estimate of drug-likeness (QED) is 0.363. The summed E-state index contributed by atoms with van der Waals surface area (Å²) in [7, 11) is 1.58. The first-order valence-electron chi connectivity index (χ1n) is 9.42. The van der Waals surface area contributed by atoms with Crippen molar-refractivity contribution in [2.45, 2.75) is 12.4 Å². The molecule has 2 amide bonds. The minimum absolute atomic E-state index is 0.157. The lowest BCUT2D eigenvalue weighted by Crippen LogP contribution is -2.21. The number of carbonyl (C=O) groups excluding carboxylic acids is 2. The second-order valence-corrected chi connectivity index (χ2v) is 7.67. The van der Waals surface area contributed by atoms with E-state index < -0.39 is 0 Å². The molecule has 3 rings (SSSR count). The number of halogens is 3. The molecule has 5 nitrogen and oxygen atoms in total. The van der Waals surface area contributed by atoms with Gasteiger partial charge in [0.2, 0.25) is 5.91 Å². The molecule has 0 radical (unpaired) electrons. The molecule has 8 heteroatoms. The number of nitrogens with zero attached hydrogens (tertiary/aromatic N) is 1. The summed E-state index contributed by atoms with van der Waals surface area (Å²) in [5, 5.41) is 6.41. The largest absolute Gasteiger partial charge is 0.355 e. The highest BCUT2D eigenvalue weighted by molar-refractivity contribution is 6.38. The third-order valence-corrected chi connectivity index (χ3v) is 5.71. The predicted molar refractivity (Wildman–Crippen MR) is 126 cm³/mol. The Balaban J connectivity index is 1.67. The van der Waals surface area contributed by atoms with E-state index in [0.29, 0.717) is 27.7 Å². The van der Waals surface area contributed by atoms with E-state index in [-0.39, 0.29) is 17.7 Å². The Hall–Kier alpha value is -2.73. The van der Waals surface area contributed by atoms with E-state index >= 15 is 0 Å². The fourth-order valence-electron chi connectivity index (χ4n) is 2.99. The maximum absolute atomic E-state index is 12.3. The summed E-state index contributed by atoms with van der Waals surface area (Å²) >= 11 is 18.6. The summed E-state index contributed by atoms with van der Waals surface area (Å²) in [6, 6.07) is 14.3. The van der Waals surface area contributed by atoms with E-state index in [1.54, 1.807) is 43.5 Å². The van der Waals surface area contributed by atoms with E-state index in [9.17, 15) is 9.59 Å². The molecule has 0 fully saturated rings. The van der Waals surface area contributed by atoms with Crippen molar-refractivity contribution < 1.29 is 9.59 Å². The molecule has 2 aromatic carbocycles. The number of benzene rings is 2. The average molecular weight is 477 g/mol. The molecular formula is C23H20Cl3N3O2. The van der Waals surface area contributed by atoms with Gasteiger partial charge in [-0.05, 0) is 48.0 Å². The summed E-state index contributed by atoms with van der Waals surface area (Å²) in [5.74, 6) is -0.199. The first-order valence-corrected chi connectivity index (χ1v) is 10.7. The fraction of sp³-hybridized carbons (Fsp3) is 0.130. The van der Waals surface area contributed by atoms with Crippen LogP contribution < -0.4 is 10.6 Å². The second kappa shape index (κ2) is 10.5. The Bertz CT molecular complexity index is 1120. The van der Waals surface area contributed by atoms with Crippen molar-refractivity contribution >= 4 is 52.7 Å². The number of alkyl halides is 1. The second-order valence-electron chi connectivity index (χ2n) is 6.61. The molecule has 0 unspecified atom stereocenters. The number of aromatic nitrogens is 1. The van der Waals surface area contributed by atoms with Gasteiger partial charge in [-0.15, -0.1) is 11.6 Å². The molecule has 0 atom stereocenters. The van der Waals surface area contributed by atoms with Crippen LogP contribution in [0.15, 0.2) is 60.8 Å². The topological polar surface area (TPSA) is 63.1 Å². The fourth-order valence-corrected chi connectivity index (χ4v) is 4.00. The Morgan fingerprint density at radius 1 is 1.06 bits per heavy atom. The van der Waals surface area contributed by atoms with Gasteiger partial charge in [0.15, 0.2) is 0 Å². The lowest BCUT2D eigenvalue weighted by molar-refractivity contribution is -0.116. The summed E-state index contributed by atoms with van der Waals surface area (Å²) in [6.45, 7) is 0.306. The first kappa shape index (κ1) is 22.9. The van der Waals surface area contributed by atoms with Crippen LogP contribution in [0.1, 0.15) is 27.2 Å². The van der Waals surface area contributed by atoms with Crippen LogP contribution in [-0.2, 0) is 17.2 Å². The SMILES string of the molecule is CNC(=O)c1ccc(/C=C/C(=O)NCc2cccn2-c2ccc(Cl)c(CCl)c2Cl)cc1. The highest BCUT2D eigenvalue weighted by Gasteiger charge is 2.13. The van der Waals surface area contributed by atoms with Crippen molar-refractivity contribution in [3.8, 4) is 5.69 Å². The van der Waals surface area contributed by atoms with Crippen molar-refractivity contribution in [2.24, 2.45) is 0 Å². The van der Waals surface area contributed by atoms with Crippen LogP contribution in [0, 0.1) is 0 Å². The summed E-state index contributed by atoms with van der Waals surface area (Å²) in [5.41, 5.74) is 3.62. The molecular weight excluding hydrogens is 457 g/mol. The number of nitrogens with one attached hydrogen (secondary N) is 2. The van der Waals surface area contributed by atoms with Crippen molar-refractivity contribution in [3.05, 3.63) is 93.2 Å². The monoisotopic (exact) mass is 475 g/mol. The zero-order valence-corrected chi connectivity index (χ0v) is 18.9. The summed E-state index contributed by atoms with van der Waals surface area (Å²) < 4.78 is 1.89. The van der Waals surface area contributed by atoms with E-state index in [0.717, 1.165) is 16.9 Å². The Morgan fingerprint density at radius 3 is 2.48 bits per heavy atom. The van der Waals surface area contributed by atoms with Gasteiger partial charge in [0.1, 0.15) is 0 Å². The lowest BCUT2D eigenvalue weighted by atomic mass is 10.1. The highest BCUT2D eigenvalue weighted by Crippen LogP contribution is 2.32. The number of amides is 2. The van der Waals surface area contributed by atoms with Gasteiger partial charge in [-0.1, -0.05) is 35.3 Å². The molecule has 1 aromatic heterocycles. The lowest BCUT2D eigenvalue weighted by Gasteiger charge is -2.14. The smallest absolute Gasteiger partial charge is 0.251 e. The Labute approximate surface area is 195 Å². The number of hydrogen-bond donors (Lipinski definition) is 2. The van der Waals surface area contributed by atoms with Gasteiger partial charge in [-0.25, -0.2) is 0 Å². The summed E-state index contributed by atoms with van der Waals surface area (Å²) in [6.07, 6.45) is 4.99. The molecule has 0 aliphatic carbocycles. The van der Waals surface area contributed by atoms with Gasteiger partial charge >= 0.3 is 0 Å². The van der Waals surface area contributed by atoms with Crippen molar-refractivity contribution in [1.82, 2.24) is 15.2 Å². The highest BCUT2D eigenvalue weighted by atomic mass is 35.5. The first-order chi connectivity index (χ1) is 14.9. The van der Waals surface area contributed by atoms with Crippen LogP contribution in [0.4, 0.5) is 0 Å². The van der Waals surface area contributed by atoms with Crippen LogP contribution in [0.5, 0.6) is 0 Å². The van der Waals surface area contributed by atoms with Crippen LogP contribution in [0.25, 0.3) is 11.8 Å². The molecule has 0 aliphatic rings. The number of carbonyl (C=O) groups is 2. The minimum atomic E-state index is -0.244. The molecule has 2 N–H and O–H groups in total. The van der Waals surface area contributed by atoms with Gasteiger partial charge in [-0.2, -0.15) is 0 Å². The van der Waals surface area contributed by atoms with Crippen LogP contribution in [-0.4, -0.2) is 23.4 Å². The molecule has 31 heavy (non-hydrogen) atoms. The molecule has 3 aromatic rings. The van der Waals surface area contributed by atoms with E-state index in [1.165, 1.54) is 6.08 Å². The van der Waals surface area contributed by atoms with E-state index in [2.05, 4.69) is 10.6 Å². The standard InChI is InChI=1S/C23H20Cl3N3O2/c1-27-23(31)16-7-4-15(5-8-16)6-11-21(30)28-14-17-3-2-12-29(17)20-10-9-19(25)18(13-24)22(20)26/h2-12H,13-14H2,1H3,(H,27,31)(H,28,30)/b11-6+. The molecule has 160 valence electrons. The van der Waals surface area contributed by atoms with Gasteiger partial charge in [0, 0.05) is 41.2 Å².